The van der Waals surface area contributed by atoms with Gasteiger partial charge >= 0.3 is 0 Å². The molecule has 1 N–H and O–H groups in total. The fraction of sp³-hybridized carbons (Fsp3) is 0.167. The summed E-state index contributed by atoms with van der Waals surface area (Å²) in [5.41, 5.74) is 1.79. The van der Waals surface area contributed by atoms with Crippen LogP contribution in [0.4, 0.5) is 4.39 Å². The monoisotopic (exact) mass is 407 g/mol. The molecule has 0 bridgehead atoms. The van der Waals surface area contributed by atoms with Gasteiger partial charge in [0.25, 0.3) is 0 Å². The van der Waals surface area contributed by atoms with Gasteiger partial charge in [-0.3, -0.25) is 9.78 Å². The predicted octanol–water partition coefficient (Wildman–Crippen LogP) is 2.70. The molecule has 0 atom stereocenters. The summed E-state index contributed by atoms with van der Waals surface area (Å²) in [4.78, 5) is 21.2. The molecule has 27 heavy (non-hydrogen) atoms. The average Bonchev–Trinajstić information content (AvgIpc) is 2.66. The van der Waals surface area contributed by atoms with Crippen LogP contribution < -0.4 is 4.72 Å². The molecule has 0 fully saturated rings. The number of halogens is 2. The summed E-state index contributed by atoms with van der Waals surface area (Å²) < 4.78 is 37.3. The molecule has 3 aromatic rings. The van der Waals surface area contributed by atoms with Crippen LogP contribution in [-0.2, 0) is 17.3 Å². The average molecular weight is 408 g/mol. The molecular formula is C18H15ClFN3O3S. The molecule has 0 aliphatic heterocycles. The van der Waals surface area contributed by atoms with E-state index in [4.69, 9.17) is 11.6 Å². The van der Waals surface area contributed by atoms with E-state index in [-0.39, 0.29) is 22.8 Å². The van der Waals surface area contributed by atoms with Crippen molar-refractivity contribution in [1.82, 2.24) is 14.7 Å². The molecule has 0 saturated carbocycles. The maximum absolute atomic E-state index is 14.0. The van der Waals surface area contributed by atoms with Crippen LogP contribution in [0.1, 0.15) is 28.0 Å². The number of aryl methyl sites for hydroxylation is 1. The number of pyridine rings is 2. The van der Waals surface area contributed by atoms with Gasteiger partial charge < -0.3 is 0 Å². The highest BCUT2D eigenvalue weighted by atomic mass is 35.5. The molecule has 140 valence electrons. The van der Waals surface area contributed by atoms with Crippen molar-refractivity contribution in [2.45, 2.75) is 12.8 Å². The lowest BCUT2D eigenvalue weighted by molar-refractivity contribution is 0.103. The fourth-order valence-corrected chi connectivity index (χ4v) is 3.29. The molecule has 0 amide bonds. The third-order valence-corrected chi connectivity index (χ3v) is 4.84. The van der Waals surface area contributed by atoms with Crippen LogP contribution in [0, 0.1) is 5.82 Å². The zero-order valence-corrected chi connectivity index (χ0v) is 15.6. The number of carbonyl (C=O) groups excluding carboxylic acids is 1. The van der Waals surface area contributed by atoms with Crippen molar-refractivity contribution < 1.29 is 17.6 Å². The molecule has 0 spiro atoms. The number of nitrogens with zero attached hydrogens (tertiary/aromatic N) is 2. The van der Waals surface area contributed by atoms with Gasteiger partial charge in [0, 0.05) is 18.3 Å². The zero-order chi connectivity index (χ0) is 19.4. The summed E-state index contributed by atoms with van der Waals surface area (Å²) in [6, 6.07) is 8.95. The second-order valence-corrected chi connectivity index (χ2v) is 6.97. The minimum Gasteiger partial charge on any atom is -0.287 e. The summed E-state index contributed by atoms with van der Waals surface area (Å²) >= 11 is 6.32. The number of nitrogens with one attached hydrogen (secondary N) is 1. The predicted molar refractivity (Wildman–Crippen MR) is 101 cm³/mol. The van der Waals surface area contributed by atoms with Gasteiger partial charge in [0.05, 0.1) is 16.1 Å². The molecule has 1 aromatic carbocycles. The standard InChI is InChI=1S/C18H15ClFN3O3S/c19-17-11(3-1-8-22-27(25)26)9-12(20)10-13(17)18(24)16-6-5-14-15(23-16)4-2-7-21-14/h2,4-7,9-10,27H,1,3,8H2,(H,22,25,26). The Morgan fingerprint density at radius 3 is 2.78 bits per heavy atom. The lowest BCUT2D eigenvalue weighted by atomic mass is 10.0. The quantitative estimate of drug-likeness (QED) is 0.357. The van der Waals surface area contributed by atoms with E-state index in [1.165, 1.54) is 12.1 Å². The van der Waals surface area contributed by atoms with Crippen LogP contribution in [0.15, 0.2) is 42.6 Å². The Morgan fingerprint density at radius 2 is 2.00 bits per heavy atom. The van der Waals surface area contributed by atoms with Crippen LogP contribution in [0.3, 0.4) is 0 Å². The molecule has 0 aliphatic rings. The second-order valence-electron chi connectivity index (χ2n) is 5.76. The van der Waals surface area contributed by atoms with E-state index in [1.54, 1.807) is 24.4 Å². The number of carbonyl (C=O) groups is 1. The van der Waals surface area contributed by atoms with Crippen molar-refractivity contribution in [1.29, 1.82) is 0 Å². The third-order valence-electron chi connectivity index (χ3n) is 3.91. The molecule has 0 radical (unpaired) electrons. The Kier molecular flexibility index (Phi) is 6.10. The van der Waals surface area contributed by atoms with Gasteiger partial charge in [-0.1, -0.05) is 11.6 Å². The van der Waals surface area contributed by atoms with Crippen molar-refractivity contribution in [2.75, 3.05) is 6.54 Å². The Balaban J connectivity index is 1.89. The normalized spacial score (nSPS) is 11.2. The highest BCUT2D eigenvalue weighted by molar-refractivity contribution is 7.70. The van der Waals surface area contributed by atoms with Crippen molar-refractivity contribution in [3.63, 3.8) is 0 Å². The van der Waals surface area contributed by atoms with Crippen molar-refractivity contribution in [3.8, 4) is 0 Å². The largest absolute Gasteiger partial charge is 0.287 e. The number of rotatable bonds is 7. The number of fused-ring (bicyclic) bond motifs is 1. The second kappa shape index (κ2) is 8.51. The van der Waals surface area contributed by atoms with E-state index in [9.17, 15) is 17.6 Å². The molecule has 0 aliphatic carbocycles. The SMILES string of the molecule is O=C(c1ccc2ncccc2n1)c1cc(F)cc(CCCN[SH](=O)=O)c1Cl. The lowest BCUT2D eigenvalue weighted by Crippen LogP contribution is -2.13. The molecule has 6 nitrogen and oxygen atoms in total. The number of hydrogen-bond donors (Lipinski definition) is 2. The maximum atomic E-state index is 14.0. The summed E-state index contributed by atoms with van der Waals surface area (Å²) in [5.74, 6) is -1.09. The molecule has 3 rings (SSSR count). The highest BCUT2D eigenvalue weighted by Gasteiger charge is 2.19. The molecular weight excluding hydrogens is 393 g/mol. The number of ketones is 1. The zero-order valence-electron chi connectivity index (χ0n) is 14.0. The van der Waals surface area contributed by atoms with Crippen molar-refractivity contribution >= 4 is 39.3 Å². The van der Waals surface area contributed by atoms with Crippen LogP contribution in [0.25, 0.3) is 11.0 Å². The first-order chi connectivity index (χ1) is 13.0. The molecule has 2 aromatic heterocycles. The summed E-state index contributed by atoms with van der Waals surface area (Å²) in [7, 11) is -2.68. The minimum atomic E-state index is -2.68. The van der Waals surface area contributed by atoms with Crippen molar-refractivity contribution in [2.24, 2.45) is 0 Å². The summed E-state index contributed by atoms with van der Waals surface area (Å²) in [6.45, 7) is 0.202. The first kappa shape index (κ1) is 19.3. The lowest BCUT2D eigenvalue weighted by Gasteiger charge is -2.10. The number of hydrogen-bond acceptors (Lipinski definition) is 5. The van der Waals surface area contributed by atoms with Crippen LogP contribution >= 0.6 is 11.6 Å². The van der Waals surface area contributed by atoms with E-state index in [0.717, 1.165) is 6.07 Å². The van der Waals surface area contributed by atoms with Crippen LogP contribution in [0.2, 0.25) is 5.02 Å². The minimum absolute atomic E-state index is 0.0188. The van der Waals surface area contributed by atoms with Gasteiger partial charge in [0.15, 0.2) is 0 Å². The molecule has 2 heterocycles. The number of aromatic nitrogens is 2. The third kappa shape index (κ3) is 4.65. The van der Waals surface area contributed by atoms with Crippen LogP contribution in [-0.4, -0.2) is 30.7 Å². The first-order valence-electron chi connectivity index (χ1n) is 8.08. The van der Waals surface area contributed by atoms with Crippen LogP contribution in [0.5, 0.6) is 0 Å². The van der Waals surface area contributed by atoms with Gasteiger partial charge in [0.2, 0.25) is 16.7 Å². The van der Waals surface area contributed by atoms with Gasteiger partial charge in [-0.25, -0.2) is 22.5 Å². The van der Waals surface area contributed by atoms with E-state index >= 15 is 0 Å². The van der Waals surface area contributed by atoms with E-state index in [0.29, 0.717) is 29.4 Å². The van der Waals surface area contributed by atoms with Gasteiger partial charge in [-0.2, -0.15) is 0 Å². The molecule has 0 unspecified atom stereocenters. The summed E-state index contributed by atoms with van der Waals surface area (Å²) in [6.07, 6.45) is 2.36. The number of thiol groups is 1. The van der Waals surface area contributed by atoms with E-state index in [2.05, 4.69) is 14.7 Å². The first-order valence-corrected chi connectivity index (χ1v) is 9.63. The van der Waals surface area contributed by atoms with Crippen molar-refractivity contribution in [3.05, 3.63) is 70.3 Å². The topological polar surface area (TPSA) is 89.0 Å². The Bertz CT molecular complexity index is 1080. The Hall–Kier alpha value is -2.42. The van der Waals surface area contributed by atoms with Gasteiger partial charge in [-0.15, -0.1) is 0 Å². The maximum Gasteiger partial charge on any atom is 0.212 e. The molecule has 0 saturated heterocycles. The Labute approximate surface area is 161 Å². The fourth-order valence-electron chi connectivity index (χ4n) is 2.66. The smallest absolute Gasteiger partial charge is 0.212 e. The Morgan fingerprint density at radius 1 is 1.19 bits per heavy atom. The highest BCUT2D eigenvalue weighted by Crippen LogP contribution is 2.26. The molecule has 9 heteroatoms. The summed E-state index contributed by atoms with van der Waals surface area (Å²) in [5, 5.41) is 0.140. The number of benzene rings is 1. The van der Waals surface area contributed by atoms with E-state index in [1.807, 2.05) is 0 Å². The van der Waals surface area contributed by atoms with Gasteiger partial charge in [-0.05, 0) is 54.8 Å². The van der Waals surface area contributed by atoms with E-state index < -0.39 is 22.5 Å². The van der Waals surface area contributed by atoms with Gasteiger partial charge in [0.1, 0.15) is 11.5 Å².